The number of hydrogen-bond donors (Lipinski definition) is 1. The van der Waals surface area contributed by atoms with Gasteiger partial charge in [0.25, 0.3) is 0 Å². The highest BCUT2D eigenvalue weighted by Gasteiger charge is 2.43. The summed E-state index contributed by atoms with van der Waals surface area (Å²) in [5.41, 5.74) is 0. The number of rotatable bonds is 6. The summed E-state index contributed by atoms with van der Waals surface area (Å²) in [5.74, 6) is 1.34. The van der Waals surface area contributed by atoms with Crippen molar-refractivity contribution < 1.29 is 4.79 Å². The highest BCUT2D eigenvalue weighted by Crippen LogP contribution is 2.32. The van der Waals surface area contributed by atoms with Crippen LogP contribution in [0.25, 0.3) is 0 Å². The van der Waals surface area contributed by atoms with Crippen LogP contribution in [0.5, 0.6) is 0 Å². The molecule has 122 valence electrons. The van der Waals surface area contributed by atoms with Crippen molar-refractivity contribution in [1.82, 2.24) is 15.1 Å². The lowest BCUT2D eigenvalue weighted by molar-refractivity contribution is -0.131. The third-order valence-electron chi connectivity index (χ3n) is 5.32. The van der Waals surface area contributed by atoms with Crippen molar-refractivity contribution in [3.63, 3.8) is 0 Å². The van der Waals surface area contributed by atoms with Crippen molar-refractivity contribution in [3.8, 4) is 0 Å². The van der Waals surface area contributed by atoms with Gasteiger partial charge in [0.2, 0.25) is 5.91 Å². The van der Waals surface area contributed by atoms with Crippen LogP contribution in [-0.4, -0.2) is 54.1 Å². The van der Waals surface area contributed by atoms with Gasteiger partial charge in [-0.05, 0) is 45.6 Å². The molecule has 1 aliphatic carbocycles. The summed E-state index contributed by atoms with van der Waals surface area (Å²) in [6, 6.07) is 0.543. The first kappa shape index (κ1) is 16.8. The van der Waals surface area contributed by atoms with Crippen LogP contribution in [0.3, 0.4) is 0 Å². The molecule has 4 nitrogen and oxygen atoms in total. The second kappa shape index (κ2) is 7.10. The van der Waals surface area contributed by atoms with E-state index in [0.717, 1.165) is 13.1 Å². The average molecular weight is 295 g/mol. The highest BCUT2D eigenvalue weighted by molar-refractivity contribution is 5.84. The Balaban J connectivity index is 2.03. The van der Waals surface area contributed by atoms with Crippen molar-refractivity contribution in [2.24, 2.45) is 11.8 Å². The van der Waals surface area contributed by atoms with Gasteiger partial charge in [-0.25, -0.2) is 0 Å². The van der Waals surface area contributed by atoms with E-state index < -0.39 is 0 Å². The van der Waals surface area contributed by atoms with Gasteiger partial charge in [-0.2, -0.15) is 0 Å². The van der Waals surface area contributed by atoms with Crippen LogP contribution < -0.4 is 5.32 Å². The topological polar surface area (TPSA) is 35.6 Å². The van der Waals surface area contributed by atoms with Gasteiger partial charge in [-0.15, -0.1) is 0 Å². The number of likely N-dealkylation sites (N-methyl/N-ethyl adjacent to an activating group) is 1. The van der Waals surface area contributed by atoms with E-state index in [1.54, 1.807) is 0 Å². The molecule has 0 radical (unpaired) electrons. The predicted octanol–water partition coefficient (Wildman–Crippen LogP) is 2.30. The maximum atomic E-state index is 12.7. The first-order valence-corrected chi connectivity index (χ1v) is 8.68. The lowest BCUT2D eigenvalue weighted by Gasteiger charge is -2.31. The Morgan fingerprint density at radius 1 is 1.24 bits per heavy atom. The molecule has 1 aliphatic heterocycles. The second-order valence-electron chi connectivity index (χ2n) is 7.48. The van der Waals surface area contributed by atoms with Crippen LogP contribution in [0.4, 0.5) is 0 Å². The monoisotopic (exact) mass is 295 g/mol. The molecule has 4 heteroatoms. The van der Waals surface area contributed by atoms with Crippen molar-refractivity contribution in [1.29, 1.82) is 0 Å². The van der Waals surface area contributed by atoms with Crippen LogP contribution in [0, 0.1) is 11.8 Å². The molecular formula is C17H33N3O. The molecule has 1 heterocycles. The molecule has 21 heavy (non-hydrogen) atoms. The van der Waals surface area contributed by atoms with E-state index in [1.165, 1.54) is 25.7 Å². The van der Waals surface area contributed by atoms with E-state index in [9.17, 15) is 4.79 Å². The molecule has 0 aromatic heterocycles. The van der Waals surface area contributed by atoms with Gasteiger partial charge in [0, 0.05) is 19.1 Å². The fourth-order valence-electron chi connectivity index (χ4n) is 3.58. The second-order valence-corrected chi connectivity index (χ2v) is 7.48. The Kier molecular flexibility index (Phi) is 5.67. The molecule has 0 aromatic rings. The molecule has 2 rings (SSSR count). The summed E-state index contributed by atoms with van der Waals surface area (Å²) in [5, 5.41) is 3.64. The fourth-order valence-corrected chi connectivity index (χ4v) is 3.58. The molecule has 2 aliphatic rings. The molecule has 1 amide bonds. The Bertz CT molecular complexity index is 350. The number of nitrogens with one attached hydrogen (secondary N) is 1. The van der Waals surface area contributed by atoms with Crippen molar-refractivity contribution in [2.45, 2.75) is 71.6 Å². The van der Waals surface area contributed by atoms with Crippen LogP contribution >= 0.6 is 0 Å². The van der Waals surface area contributed by atoms with E-state index in [1.807, 2.05) is 0 Å². The zero-order valence-corrected chi connectivity index (χ0v) is 14.4. The van der Waals surface area contributed by atoms with Gasteiger partial charge in [0.15, 0.2) is 0 Å². The predicted molar refractivity (Wildman–Crippen MR) is 87.0 cm³/mol. The lowest BCUT2D eigenvalue weighted by atomic mass is 10.0. The Hall–Kier alpha value is -0.610. The van der Waals surface area contributed by atoms with Gasteiger partial charge in [-0.1, -0.05) is 26.7 Å². The quantitative estimate of drug-likeness (QED) is 0.817. The third-order valence-corrected chi connectivity index (χ3v) is 5.32. The van der Waals surface area contributed by atoms with Gasteiger partial charge < -0.3 is 9.80 Å². The molecule has 0 spiro atoms. The van der Waals surface area contributed by atoms with E-state index in [4.69, 9.17) is 0 Å². The smallest absolute Gasteiger partial charge is 0.241 e. The Labute approximate surface area is 130 Å². The molecule has 0 aromatic carbocycles. The normalized spacial score (nSPS) is 27.8. The molecule has 2 unspecified atom stereocenters. The highest BCUT2D eigenvalue weighted by atomic mass is 16.2. The first-order valence-electron chi connectivity index (χ1n) is 8.68. The zero-order valence-electron chi connectivity index (χ0n) is 14.4. The largest absolute Gasteiger partial charge is 0.324 e. The van der Waals surface area contributed by atoms with E-state index in [0.29, 0.717) is 23.8 Å². The standard InChI is InChI=1S/C17H33N3O/c1-12(2)15-17(21)20(11-10-19(5)13(3)4)16(18-15)14-8-6-7-9-14/h12-16,18H,6-11H2,1-5H3. The summed E-state index contributed by atoms with van der Waals surface area (Å²) in [4.78, 5) is 17.2. The van der Waals surface area contributed by atoms with E-state index >= 15 is 0 Å². The minimum Gasteiger partial charge on any atom is -0.324 e. The molecule has 1 saturated carbocycles. The Morgan fingerprint density at radius 2 is 1.86 bits per heavy atom. The van der Waals surface area contributed by atoms with E-state index in [-0.39, 0.29) is 12.2 Å². The number of carbonyl (C=O) groups is 1. The summed E-state index contributed by atoms with van der Waals surface area (Å²) in [6.07, 6.45) is 5.46. The summed E-state index contributed by atoms with van der Waals surface area (Å²) in [6.45, 7) is 10.5. The third kappa shape index (κ3) is 3.78. The molecule has 1 N–H and O–H groups in total. The van der Waals surface area contributed by atoms with Crippen LogP contribution in [0.15, 0.2) is 0 Å². The minimum absolute atomic E-state index is 0.0138. The lowest BCUT2D eigenvalue weighted by Crippen LogP contribution is -2.46. The van der Waals surface area contributed by atoms with Gasteiger partial charge in [0.05, 0.1) is 12.2 Å². The summed E-state index contributed by atoms with van der Waals surface area (Å²) < 4.78 is 0. The average Bonchev–Trinajstić information content (AvgIpc) is 3.03. The van der Waals surface area contributed by atoms with Crippen molar-refractivity contribution in [3.05, 3.63) is 0 Å². The van der Waals surface area contributed by atoms with Crippen LogP contribution in [0.1, 0.15) is 53.4 Å². The SMILES string of the molecule is CC(C)C1NC(C2CCCC2)N(CCN(C)C(C)C)C1=O. The van der Waals surface area contributed by atoms with Gasteiger partial charge in [-0.3, -0.25) is 10.1 Å². The van der Waals surface area contributed by atoms with Crippen LogP contribution in [-0.2, 0) is 4.79 Å². The number of amides is 1. The van der Waals surface area contributed by atoms with Gasteiger partial charge in [0.1, 0.15) is 0 Å². The zero-order chi connectivity index (χ0) is 15.6. The molecule has 2 fully saturated rings. The summed E-state index contributed by atoms with van der Waals surface area (Å²) in [7, 11) is 2.14. The van der Waals surface area contributed by atoms with Gasteiger partial charge >= 0.3 is 0 Å². The maximum absolute atomic E-state index is 12.7. The molecule has 1 saturated heterocycles. The molecule has 0 bridgehead atoms. The molecular weight excluding hydrogens is 262 g/mol. The number of hydrogen-bond acceptors (Lipinski definition) is 3. The fraction of sp³-hybridized carbons (Fsp3) is 0.941. The Morgan fingerprint density at radius 3 is 2.38 bits per heavy atom. The first-order chi connectivity index (χ1) is 9.91. The number of carbonyl (C=O) groups excluding carboxylic acids is 1. The van der Waals surface area contributed by atoms with E-state index in [2.05, 4.69) is 49.9 Å². The minimum atomic E-state index is 0.0138. The number of nitrogens with zero attached hydrogens (tertiary/aromatic N) is 2. The van der Waals surface area contributed by atoms with Crippen molar-refractivity contribution in [2.75, 3.05) is 20.1 Å². The van der Waals surface area contributed by atoms with Crippen LogP contribution in [0.2, 0.25) is 0 Å². The van der Waals surface area contributed by atoms with Crippen molar-refractivity contribution >= 4 is 5.91 Å². The maximum Gasteiger partial charge on any atom is 0.241 e. The molecule has 2 atom stereocenters. The summed E-state index contributed by atoms with van der Waals surface area (Å²) >= 11 is 0.